The molecule has 5 heteroatoms. The number of nitrogens with two attached hydrogens (primary N) is 2. The number of rotatable bonds is 2. The number of hydrogen-bond donors (Lipinski definition) is 3. The first-order chi connectivity index (χ1) is 5.97. The molecule has 0 aromatic heterocycles. The molecule has 5 N–H and O–H groups in total. The molecule has 1 aliphatic carbocycles. The monoisotopic (exact) mass is 184 g/mol. The lowest BCUT2D eigenvalue weighted by molar-refractivity contribution is -0.141. The number of carbonyl (C=O) groups is 1. The van der Waals surface area contributed by atoms with Crippen molar-refractivity contribution in [2.45, 2.75) is 5.66 Å². The summed E-state index contributed by atoms with van der Waals surface area (Å²) in [4.78, 5) is 10.7. The molecule has 1 unspecified atom stereocenters. The van der Waals surface area contributed by atoms with Crippen LogP contribution < -0.4 is 11.5 Å². The summed E-state index contributed by atoms with van der Waals surface area (Å²) < 4.78 is 4.86. The fourth-order valence-corrected chi connectivity index (χ4v) is 1.12. The lowest BCUT2D eigenvalue weighted by Crippen LogP contribution is -2.56. The Bertz CT molecular complexity index is 281. The van der Waals surface area contributed by atoms with E-state index in [1.54, 1.807) is 6.08 Å². The minimum absolute atomic E-state index is 0.457. The van der Waals surface area contributed by atoms with Crippen molar-refractivity contribution >= 4 is 5.97 Å². The second-order valence-electron chi connectivity index (χ2n) is 2.92. The maximum atomic E-state index is 10.7. The summed E-state index contributed by atoms with van der Waals surface area (Å²) in [6.45, 7) is 0. The lowest BCUT2D eigenvalue weighted by atomic mass is 9.89. The number of aliphatic carboxylic acids is 1. The third-order valence-corrected chi connectivity index (χ3v) is 1.91. The molecule has 0 saturated carbocycles. The molecule has 0 heterocycles. The van der Waals surface area contributed by atoms with Gasteiger partial charge in [0.1, 0.15) is 17.3 Å². The molecule has 72 valence electrons. The third kappa shape index (κ3) is 1.88. The van der Waals surface area contributed by atoms with Gasteiger partial charge >= 0.3 is 5.97 Å². The highest BCUT2D eigenvalue weighted by molar-refractivity contribution is 5.75. The van der Waals surface area contributed by atoms with Crippen LogP contribution in [0, 0.1) is 5.92 Å². The Morgan fingerprint density at radius 3 is 2.77 bits per heavy atom. The highest BCUT2D eigenvalue weighted by Gasteiger charge is 2.35. The normalized spacial score (nSPS) is 25.2. The van der Waals surface area contributed by atoms with Gasteiger partial charge in [-0.3, -0.25) is 4.79 Å². The van der Waals surface area contributed by atoms with Crippen molar-refractivity contribution in [3.63, 3.8) is 0 Å². The molecule has 0 amide bonds. The van der Waals surface area contributed by atoms with Gasteiger partial charge in [0.05, 0.1) is 7.11 Å². The van der Waals surface area contributed by atoms with E-state index in [1.165, 1.54) is 19.3 Å². The van der Waals surface area contributed by atoms with Gasteiger partial charge in [0.15, 0.2) is 0 Å². The molecule has 0 aromatic carbocycles. The molecule has 5 nitrogen and oxygen atoms in total. The largest absolute Gasteiger partial charge is 0.497 e. The van der Waals surface area contributed by atoms with Crippen LogP contribution in [0.3, 0.4) is 0 Å². The Balaban J connectivity index is 2.96. The van der Waals surface area contributed by atoms with Gasteiger partial charge < -0.3 is 21.3 Å². The molecule has 0 fully saturated rings. The number of methoxy groups -OCH3 is 1. The first kappa shape index (κ1) is 9.76. The molecule has 1 aliphatic rings. The van der Waals surface area contributed by atoms with E-state index in [9.17, 15) is 4.79 Å². The Morgan fingerprint density at radius 1 is 1.69 bits per heavy atom. The third-order valence-electron chi connectivity index (χ3n) is 1.91. The van der Waals surface area contributed by atoms with E-state index in [0.717, 1.165) is 0 Å². The SMILES string of the molecule is COC1=CC(C(=O)O)C(N)(N)C=C1. The quantitative estimate of drug-likeness (QED) is 0.498. The molecular formula is C8H12N2O3. The van der Waals surface area contributed by atoms with Crippen molar-refractivity contribution in [1.82, 2.24) is 0 Å². The first-order valence-electron chi connectivity index (χ1n) is 3.73. The van der Waals surface area contributed by atoms with E-state index in [-0.39, 0.29) is 0 Å². The van der Waals surface area contributed by atoms with Crippen LogP contribution in [-0.2, 0) is 9.53 Å². The molecule has 0 aliphatic heterocycles. The van der Waals surface area contributed by atoms with Crippen LogP contribution in [-0.4, -0.2) is 23.8 Å². The Labute approximate surface area is 75.7 Å². The molecule has 0 saturated heterocycles. The van der Waals surface area contributed by atoms with Gasteiger partial charge in [-0.05, 0) is 18.2 Å². The van der Waals surface area contributed by atoms with Crippen LogP contribution in [0.5, 0.6) is 0 Å². The van der Waals surface area contributed by atoms with Crippen molar-refractivity contribution in [2.75, 3.05) is 7.11 Å². The predicted octanol–water partition coefficient (Wildman–Crippen LogP) is -0.599. The van der Waals surface area contributed by atoms with Crippen LogP contribution in [0.25, 0.3) is 0 Å². The summed E-state index contributed by atoms with van der Waals surface area (Å²) in [7, 11) is 1.45. The molecule has 0 spiro atoms. The second-order valence-corrected chi connectivity index (χ2v) is 2.92. The van der Waals surface area contributed by atoms with Crippen LogP contribution >= 0.6 is 0 Å². The zero-order valence-electron chi connectivity index (χ0n) is 7.23. The summed E-state index contributed by atoms with van der Waals surface area (Å²) in [6, 6.07) is 0. The number of carboxylic acid groups (broad SMARTS) is 1. The highest BCUT2D eigenvalue weighted by Crippen LogP contribution is 2.21. The molecule has 0 bridgehead atoms. The fraction of sp³-hybridized carbons (Fsp3) is 0.375. The van der Waals surface area contributed by atoms with E-state index in [1.807, 2.05) is 0 Å². The Hall–Kier alpha value is -1.33. The smallest absolute Gasteiger partial charge is 0.314 e. The Morgan fingerprint density at radius 2 is 2.31 bits per heavy atom. The molecule has 0 radical (unpaired) electrons. The van der Waals surface area contributed by atoms with Gasteiger partial charge in [0, 0.05) is 0 Å². The zero-order valence-corrected chi connectivity index (χ0v) is 7.23. The van der Waals surface area contributed by atoms with Crippen LogP contribution in [0.4, 0.5) is 0 Å². The van der Waals surface area contributed by atoms with Gasteiger partial charge in [-0.2, -0.15) is 0 Å². The molecular weight excluding hydrogens is 172 g/mol. The summed E-state index contributed by atoms with van der Waals surface area (Å²) in [5.41, 5.74) is 9.76. The maximum absolute atomic E-state index is 10.7. The molecule has 0 aromatic rings. The molecule has 13 heavy (non-hydrogen) atoms. The van der Waals surface area contributed by atoms with Crippen LogP contribution in [0.1, 0.15) is 0 Å². The fourth-order valence-electron chi connectivity index (χ4n) is 1.12. The topological polar surface area (TPSA) is 98.6 Å². The summed E-state index contributed by atoms with van der Waals surface area (Å²) in [5, 5.41) is 8.79. The predicted molar refractivity (Wildman–Crippen MR) is 46.5 cm³/mol. The van der Waals surface area contributed by atoms with Gasteiger partial charge in [-0.15, -0.1) is 0 Å². The highest BCUT2D eigenvalue weighted by atomic mass is 16.5. The average Bonchev–Trinajstić information content (AvgIpc) is 2.03. The van der Waals surface area contributed by atoms with E-state index < -0.39 is 17.6 Å². The molecule has 1 rings (SSSR count). The Kier molecular flexibility index (Phi) is 2.40. The number of allylic oxidation sites excluding steroid dienone is 1. The lowest BCUT2D eigenvalue weighted by Gasteiger charge is -2.28. The molecule has 1 atom stereocenters. The van der Waals surface area contributed by atoms with E-state index in [2.05, 4.69) is 0 Å². The van der Waals surface area contributed by atoms with Crippen molar-refractivity contribution in [3.8, 4) is 0 Å². The van der Waals surface area contributed by atoms with Crippen molar-refractivity contribution in [3.05, 3.63) is 24.0 Å². The zero-order chi connectivity index (χ0) is 10.1. The number of carboxylic acids is 1. The van der Waals surface area contributed by atoms with Crippen molar-refractivity contribution < 1.29 is 14.6 Å². The number of ether oxygens (including phenoxy) is 1. The second kappa shape index (κ2) is 3.20. The van der Waals surface area contributed by atoms with Crippen LogP contribution in [0.15, 0.2) is 24.0 Å². The van der Waals surface area contributed by atoms with Gasteiger partial charge in [0.2, 0.25) is 0 Å². The standard InChI is InChI=1S/C8H12N2O3/c1-13-5-2-3-8(9,10)6(4-5)7(11)12/h2-4,6H,9-10H2,1H3,(H,11,12). The summed E-state index contributed by atoms with van der Waals surface area (Å²) in [6.07, 6.45) is 4.37. The minimum atomic E-state index is -1.34. The van der Waals surface area contributed by atoms with E-state index >= 15 is 0 Å². The van der Waals surface area contributed by atoms with Crippen molar-refractivity contribution in [2.24, 2.45) is 17.4 Å². The van der Waals surface area contributed by atoms with Crippen LogP contribution in [0.2, 0.25) is 0 Å². The van der Waals surface area contributed by atoms with Gasteiger partial charge in [-0.25, -0.2) is 0 Å². The van der Waals surface area contributed by atoms with E-state index in [0.29, 0.717) is 5.76 Å². The van der Waals surface area contributed by atoms with Crippen molar-refractivity contribution in [1.29, 1.82) is 0 Å². The summed E-state index contributed by atoms with van der Waals surface area (Å²) in [5.74, 6) is -1.56. The minimum Gasteiger partial charge on any atom is -0.497 e. The van der Waals surface area contributed by atoms with Gasteiger partial charge in [-0.1, -0.05) is 0 Å². The van der Waals surface area contributed by atoms with E-state index in [4.69, 9.17) is 21.3 Å². The average molecular weight is 184 g/mol. The van der Waals surface area contributed by atoms with Gasteiger partial charge in [0.25, 0.3) is 0 Å². The number of hydrogen-bond acceptors (Lipinski definition) is 4. The first-order valence-corrected chi connectivity index (χ1v) is 3.73. The summed E-state index contributed by atoms with van der Waals surface area (Å²) >= 11 is 0. The maximum Gasteiger partial charge on any atom is 0.314 e.